The fourth-order valence-corrected chi connectivity index (χ4v) is 5.39. The molecular formula is C25H26Cl2N2O3S. The van der Waals surface area contributed by atoms with Gasteiger partial charge in [0.2, 0.25) is 5.91 Å². The van der Waals surface area contributed by atoms with Crippen LogP contribution in [-0.4, -0.2) is 20.9 Å². The highest BCUT2D eigenvalue weighted by Crippen LogP contribution is 2.30. The minimum Gasteiger partial charge on any atom is -0.348 e. The molecule has 0 radical (unpaired) electrons. The molecule has 5 nitrogen and oxygen atoms in total. The maximum atomic E-state index is 13.5. The first-order chi connectivity index (χ1) is 15.6. The van der Waals surface area contributed by atoms with Crippen molar-refractivity contribution in [3.05, 3.63) is 93.5 Å². The number of aryl methyl sites for hydroxylation is 2. The lowest BCUT2D eigenvalue weighted by molar-refractivity contribution is -0.120. The largest absolute Gasteiger partial charge is 0.348 e. The number of rotatable bonds is 8. The Balaban J connectivity index is 1.94. The predicted molar refractivity (Wildman–Crippen MR) is 135 cm³/mol. The highest BCUT2D eigenvalue weighted by Gasteiger charge is 2.28. The molecule has 0 aliphatic carbocycles. The Kier molecular flexibility index (Phi) is 8.05. The molecule has 1 atom stereocenters. The van der Waals surface area contributed by atoms with Gasteiger partial charge in [0, 0.05) is 0 Å². The molecule has 0 saturated carbocycles. The number of benzene rings is 3. The van der Waals surface area contributed by atoms with E-state index in [-0.39, 0.29) is 21.6 Å². The number of hydrogen-bond acceptors (Lipinski definition) is 3. The lowest BCUT2D eigenvalue weighted by Crippen LogP contribution is -2.42. The first-order valence-corrected chi connectivity index (χ1v) is 12.7. The van der Waals surface area contributed by atoms with Crippen molar-refractivity contribution in [2.24, 2.45) is 0 Å². The summed E-state index contributed by atoms with van der Waals surface area (Å²) in [6, 6.07) is 18.3. The number of carbonyl (C=O) groups excluding carboxylic acids is 1. The lowest BCUT2D eigenvalue weighted by atomic mass is 9.97. The third-order valence-corrected chi connectivity index (χ3v) is 7.88. The smallest absolute Gasteiger partial charge is 0.264 e. The van der Waals surface area contributed by atoms with E-state index in [0.29, 0.717) is 11.4 Å². The van der Waals surface area contributed by atoms with E-state index in [1.165, 1.54) is 30.3 Å². The molecule has 0 heterocycles. The first kappa shape index (κ1) is 25.1. The molecule has 1 amide bonds. The molecule has 3 aromatic rings. The Bertz CT molecular complexity index is 1250. The zero-order valence-corrected chi connectivity index (χ0v) is 21.0. The van der Waals surface area contributed by atoms with Crippen molar-refractivity contribution in [2.75, 3.05) is 10.8 Å². The molecule has 3 aromatic carbocycles. The molecule has 0 spiro atoms. The van der Waals surface area contributed by atoms with Gasteiger partial charge < -0.3 is 5.32 Å². The second kappa shape index (κ2) is 10.6. The summed E-state index contributed by atoms with van der Waals surface area (Å²) < 4.78 is 28.0. The van der Waals surface area contributed by atoms with E-state index < -0.39 is 22.5 Å². The maximum absolute atomic E-state index is 13.5. The molecule has 0 aromatic heterocycles. The van der Waals surface area contributed by atoms with Gasteiger partial charge in [-0.2, -0.15) is 0 Å². The maximum Gasteiger partial charge on any atom is 0.264 e. The van der Waals surface area contributed by atoms with Gasteiger partial charge in [0.1, 0.15) is 6.54 Å². The van der Waals surface area contributed by atoms with Gasteiger partial charge >= 0.3 is 0 Å². The Labute approximate surface area is 205 Å². The van der Waals surface area contributed by atoms with E-state index in [4.69, 9.17) is 23.2 Å². The Hall–Kier alpha value is -2.54. The normalized spacial score (nSPS) is 12.3. The molecule has 0 fully saturated rings. The summed E-state index contributed by atoms with van der Waals surface area (Å²) in [5.41, 5.74) is 3.46. The predicted octanol–water partition coefficient (Wildman–Crippen LogP) is 6.07. The highest BCUT2D eigenvalue weighted by atomic mass is 35.5. The standard InChI is InChI=1S/C25H26Cl2N2O3S/c1-4-24(21-12-10-17(2)14-18(21)3)28-25(30)16-29(19-11-13-22(26)23(27)15-19)33(31,32)20-8-6-5-7-9-20/h5-15,24H,4,16H2,1-3H3,(H,28,30). The van der Waals surface area contributed by atoms with Crippen LogP contribution in [0.1, 0.15) is 36.1 Å². The quantitative estimate of drug-likeness (QED) is 0.404. The molecule has 3 rings (SSSR count). The van der Waals surface area contributed by atoms with Crippen molar-refractivity contribution in [1.29, 1.82) is 0 Å². The first-order valence-electron chi connectivity index (χ1n) is 10.5. The van der Waals surface area contributed by atoms with Crippen LogP contribution in [0, 0.1) is 13.8 Å². The van der Waals surface area contributed by atoms with Crippen LogP contribution < -0.4 is 9.62 Å². The second-order valence-electron chi connectivity index (χ2n) is 7.81. The molecule has 0 aliphatic rings. The lowest BCUT2D eigenvalue weighted by Gasteiger charge is -2.26. The van der Waals surface area contributed by atoms with Crippen LogP contribution in [0.4, 0.5) is 5.69 Å². The number of nitrogens with one attached hydrogen (secondary N) is 1. The van der Waals surface area contributed by atoms with E-state index in [1.807, 2.05) is 32.9 Å². The van der Waals surface area contributed by atoms with E-state index in [1.54, 1.807) is 18.2 Å². The summed E-state index contributed by atoms with van der Waals surface area (Å²) in [4.78, 5) is 13.2. The fraction of sp³-hybridized carbons (Fsp3) is 0.240. The van der Waals surface area contributed by atoms with E-state index in [0.717, 1.165) is 21.0 Å². The second-order valence-corrected chi connectivity index (χ2v) is 10.5. The van der Waals surface area contributed by atoms with Gasteiger partial charge in [-0.3, -0.25) is 9.10 Å². The monoisotopic (exact) mass is 504 g/mol. The third-order valence-electron chi connectivity index (χ3n) is 5.35. The molecule has 1 N–H and O–H groups in total. The average molecular weight is 505 g/mol. The minimum absolute atomic E-state index is 0.0743. The van der Waals surface area contributed by atoms with Gasteiger partial charge in [0.05, 0.1) is 26.7 Å². The minimum atomic E-state index is -4.03. The van der Waals surface area contributed by atoms with Crippen LogP contribution >= 0.6 is 23.2 Å². The van der Waals surface area contributed by atoms with Crippen LogP contribution in [0.2, 0.25) is 10.0 Å². The molecule has 0 bridgehead atoms. The zero-order valence-electron chi connectivity index (χ0n) is 18.7. The number of hydrogen-bond donors (Lipinski definition) is 1. The number of nitrogens with zero attached hydrogens (tertiary/aromatic N) is 1. The Morgan fingerprint density at radius 1 is 0.970 bits per heavy atom. The van der Waals surface area contributed by atoms with Crippen molar-refractivity contribution in [1.82, 2.24) is 5.32 Å². The Morgan fingerprint density at radius 2 is 1.67 bits per heavy atom. The molecule has 0 aliphatic heterocycles. The van der Waals surface area contributed by atoms with Crippen molar-refractivity contribution in [2.45, 2.75) is 38.1 Å². The molecule has 1 unspecified atom stereocenters. The summed E-state index contributed by atoms with van der Waals surface area (Å²) in [7, 11) is -4.03. The van der Waals surface area contributed by atoms with Crippen molar-refractivity contribution >= 4 is 44.8 Å². The summed E-state index contributed by atoms with van der Waals surface area (Å²) in [5, 5.41) is 3.48. The number of sulfonamides is 1. The molecule has 33 heavy (non-hydrogen) atoms. The summed E-state index contributed by atoms with van der Waals surface area (Å²) in [6.07, 6.45) is 0.661. The van der Waals surface area contributed by atoms with Gasteiger partial charge in [0.25, 0.3) is 10.0 Å². The van der Waals surface area contributed by atoms with Crippen molar-refractivity contribution in [3.8, 4) is 0 Å². The number of carbonyl (C=O) groups is 1. The molecule has 8 heteroatoms. The van der Waals surface area contributed by atoms with Gasteiger partial charge in [-0.25, -0.2) is 8.42 Å². The van der Waals surface area contributed by atoms with Crippen LogP contribution in [0.5, 0.6) is 0 Å². The molecular weight excluding hydrogens is 479 g/mol. The van der Waals surface area contributed by atoms with Gasteiger partial charge in [-0.05, 0) is 61.7 Å². The van der Waals surface area contributed by atoms with Gasteiger partial charge in [-0.1, -0.05) is 72.1 Å². The fourth-order valence-electron chi connectivity index (χ4n) is 3.66. The van der Waals surface area contributed by atoms with E-state index >= 15 is 0 Å². The third kappa shape index (κ3) is 5.88. The van der Waals surface area contributed by atoms with E-state index in [2.05, 4.69) is 11.4 Å². The van der Waals surface area contributed by atoms with Crippen molar-refractivity contribution < 1.29 is 13.2 Å². The molecule has 174 valence electrons. The van der Waals surface area contributed by atoms with Crippen LogP contribution in [0.15, 0.2) is 71.6 Å². The topological polar surface area (TPSA) is 66.5 Å². The summed E-state index contributed by atoms with van der Waals surface area (Å²) in [6.45, 7) is 5.58. The Morgan fingerprint density at radius 3 is 2.27 bits per heavy atom. The highest BCUT2D eigenvalue weighted by molar-refractivity contribution is 7.92. The van der Waals surface area contributed by atoms with Gasteiger partial charge in [-0.15, -0.1) is 0 Å². The number of amides is 1. The van der Waals surface area contributed by atoms with Crippen molar-refractivity contribution in [3.63, 3.8) is 0 Å². The van der Waals surface area contributed by atoms with Gasteiger partial charge in [0.15, 0.2) is 0 Å². The molecule has 0 saturated heterocycles. The SMILES string of the molecule is CCC(NC(=O)CN(c1ccc(Cl)c(Cl)c1)S(=O)(=O)c1ccccc1)c1ccc(C)cc1C. The number of halogens is 2. The average Bonchev–Trinajstić information content (AvgIpc) is 2.78. The summed E-state index contributed by atoms with van der Waals surface area (Å²) >= 11 is 12.2. The van der Waals surface area contributed by atoms with Crippen LogP contribution in [0.3, 0.4) is 0 Å². The van der Waals surface area contributed by atoms with E-state index in [9.17, 15) is 13.2 Å². The van der Waals surface area contributed by atoms with Crippen LogP contribution in [0.25, 0.3) is 0 Å². The zero-order chi connectivity index (χ0) is 24.2. The number of anilines is 1. The summed E-state index contributed by atoms with van der Waals surface area (Å²) in [5.74, 6) is -0.424. The van der Waals surface area contributed by atoms with Crippen LogP contribution in [-0.2, 0) is 14.8 Å².